The molecular weight excluding hydrogens is 252 g/mol. The lowest BCUT2D eigenvalue weighted by atomic mass is 10.2. The van der Waals surface area contributed by atoms with Crippen molar-refractivity contribution in [3.8, 4) is 0 Å². The van der Waals surface area contributed by atoms with E-state index in [9.17, 15) is 17.2 Å². The molecule has 1 aliphatic carbocycles. The van der Waals surface area contributed by atoms with Gasteiger partial charge in [-0.3, -0.25) is 0 Å². The molecule has 0 saturated heterocycles. The molecule has 94 valence electrons. The predicted octanol–water partition coefficient (Wildman–Crippen LogP) is 1.51. The van der Waals surface area contributed by atoms with Gasteiger partial charge in [-0.2, -0.15) is 9.90 Å². The van der Waals surface area contributed by atoms with Crippen LogP contribution in [0.15, 0.2) is 17.2 Å². The van der Waals surface area contributed by atoms with Crippen LogP contribution in [-0.4, -0.2) is 29.7 Å². The molecule has 1 aromatic rings. The van der Waals surface area contributed by atoms with E-state index >= 15 is 0 Å². The molecule has 0 unspecified atom stereocenters. The summed E-state index contributed by atoms with van der Waals surface area (Å²) in [4.78, 5) is 1.08. The Balaban J connectivity index is 2.44. The summed E-state index contributed by atoms with van der Waals surface area (Å²) in [5, 5.41) is 6.65. The maximum absolute atomic E-state index is 12.7. The van der Waals surface area contributed by atoms with E-state index in [1.165, 1.54) is 0 Å². The maximum Gasteiger partial charge on any atom is 0.285 e. The van der Waals surface area contributed by atoms with Crippen LogP contribution in [0.1, 0.15) is 31.0 Å². The second-order valence-electron chi connectivity index (χ2n) is 3.88. The minimum Gasteiger partial charge on any atom is -0.222 e. The van der Waals surface area contributed by atoms with Gasteiger partial charge in [0, 0.05) is 6.26 Å². The van der Waals surface area contributed by atoms with E-state index in [4.69, 9.17) is 0 Å². The van der Waals surface area contributed by atoms with Gasteiger partial charge in [0.05, 0.1) is 6.04 Å². The van der Waals surface area contributed by atoms with Gasteiger partial charge in [0.25, 0.3) is 6.43 Å². The van der Waals surface area contributed by atoms with Crippen molar-refractivity contribution >= 4 is 9.84 Å². The Bertz CT molecular complexity index is 543. The highest BCUT2D eigenvalue weighted by molar-refractivity contribution is 7.90. The Hall–Kier alpha value is -1.31. The molecule has 8 heteroatoms. The zero-order chi connectivity index (χ0) is 12.6. The number of nitrogens with zero attached hydrogens (tertiary/aromatic N) is 3. The highest BCUT2D eigenvalue weighted by atomic mass is 32.2. The Labute approximate surface area is 97.0 Å². The number of sulfone groups is 1. The van der Waals surface area contributed by atoms with Crippen molar-refractivity contribution in [2.24, 2.45) is 0 Å². The molecular formula is C9H11F2N3O2S. The fourth-order valence-electron chi connectivity index (χ4n) is 1.68. The van der Waals surface area contributed by atoms with Crippen molar-refractivity contribution in [2.45, 2.75) is 30.3 Å². The third-order valence-electron chi connectivity index (χ3n) is 2.49. The average Bonchev–Trinajstić information content (AvgIpc) is 2.85. The lowest BCUT2D eigenvalue weighted by Gasteiger charge is -2.06. The van der Waals surface area contributed by atoms with E-state index in [1.807, 2.05) is 12.2 Å². The number of alkyl halides is 2. The molecule has 0 aromatic carbocycles. The molecule has 0 atom stereocenters. The van der Waals surface area contributed by atoms with Gasteiger partial charge in [0.15, 0.2) is 15.5 Å². The summed E-state index contributed by atoms with van der Waals surface area (Å²) in [6.45, 7) is 0. The fraction of sp³-hybridized carbons (Fsp3) is 0.556. The first kappa shape index (κ1) is 12.2. The number of rotatable bonds is 3. The summed E-state index contributed by atoms with van der Waals surface area (Å²) < 4.78 is 48.0. The lowest BCUT2D eigenvalue weighted by molar-refractivity contribution is 0.141. The topological polar surface area (TPSA) is 64.8 Å². The van der Waals surface area contributed by atoms with Crippen molar-refractivity contribution in [1.82, 2.24) is 15.0 Å². The number of allylic oxidation sites excluding steroid dienone is 2. The zero-order valence-corrected chi connectivity index (χ0v) is 9.86. The van der Waals surface area contributed by atoms with Crippen LogP contribution in [0, 0.1) is 0 Å². The van der Waals surface area contributed by atoms with Crippen LogP contribution in [0.5, 0.6) is 0 Å². The van der Waals surface area contributed by atoms with E-state index in [0.717, 1.165) is 11.1 Å². The molecule has 0 N–H and O–H groups in total. The number of hydrogen-bond acceptors (Lipinski definition) is 4. The lowest BCUT2D eigenvalue weighted by Crippen LogP contribution is -2.09. The van der Waals surface area contributed by atoms with Gasteiger partial charge in [0.1, 0.15) is 0 Å². The predicted molar refractivity (Wildman–Crippen MR) is 55.5 cm³/mol. The largest absolute Gasteiger partial charge is 0.285 e. The average molecular weight is 263 g/mol. The molecule has 0 radical (unpaired) electrons. The molecule has 1 aromatic heterocycles. The first-order valence-corrected chi connectivity index (χ1v) is 6.88. The number of hydrogen-bond donors (Lipinski definition) is 0. The van der Waals surface area contributed by atoms with Gasteiger partial charge >= 0.3 is 0 Å². The second kappa shape index (κ2) is 4.17. The minimum atomic E-state index is -3.78. The Kier molecular flexibility index (Phi) is 2.98. The Morgan fingerprint density at radius 3 is 2.35 bits per heavy atom. The van der Waals surface area contributed by atoms with E-state index in [1.54, 1.807) is 0 Å². The first-order valence-electron chi connectivity index (χ1n) is 4.99. The van der Waals surface area contributed by atoms with Gasteiger partial charge < -0.3 is 0 Å². The van der Waals surface area contributed by atoms with Crippen molar-refractivity contribution in [3.05, 3.63) is 17.8 Å². The van der Waals surface area contributed by atoms with E-state index < -0.39 is 27.0 Å². The quantitative estimate of drug-likeness (QED) is 0.775. The summed E-state index contributed by atoms with van der Waals surface area (Å²) in [6, 6.07) is -0.164. The molecule has 1 aliphatic rings. The summed E-state index contributed by atoms with van der Waals surface area (Å²) in [5.74, 6) is 0. The molecule has 1 heterocycles. The maximum atomic E-state index is 12.7. The zero-order valence-electron chi connectivity index (χ0n) is 9.05. The van der Waals surface area contributed by atoms with E-state index in [2.05, 4.69) is 10.2 Å². The molecule has 5 nitrogen and oxygen atoms in total. The molecule has 17 heavy (non-hydrogen) atoms. The summed E-state index contributed by atoms with van der Waals surface area (Å²) in [7, 11) is -3.78. The second-order valence-corrected chi connectivity index (χ2v) is 5.81. The standard InChI is InChI=1S/C9H11F2N3O2S/c1-17(15,16)9-7(8(10)11)12-14(13-9)6-4-2-3-5-6/h2-3,6,8H,4-5H2,1H3. The van der Waals surface area contributed by atoms with Crippen molar-refractivity contribution in [2.75, 3.05) is 6.26 Å². The van der Waals surface area contributed by atoms with Crippen LogP contribution in [0.3, 0.4) is 0 Å². The Morgan fingerprint density at radius 1 is 1.35 bits per heavy atom. The van der Waals surface area contributed by atoms with Gasteiger partial charge in [-0.15, -0.1) is 5.10 Å². The van der Waals surface area contributed by atoms with Crippen LogP contribution < -0.4 is 0 Å². The molecule has 0 spiro atoms. The number of aromatic nitrogens is 3. The monoisotopic (exact) mass is 263 g/mol. The SMILES string of the molecule is CS(=O)(=O)c1nn(C2CC=CC2)nc1C(F)F. The minimum absolute atomic E-state index is 0.164. The van der Waals surface area contributed by atoms with Gasteiger partial charge in [-0.25, -0.2) is 17.2 Å². The Morgan fingerprint density at radius 2 is 1.94 bits per heavy atom. The first-order chi connectivity index (χ1) is 7.89. The third kappa shape index (κ3) is 2.36. The van der Waals surface area contributed by atoms with Crippen LogP contribution in [0.4, 0.5) is 8.78 Å². The van der Waals surface area contributed by atoms with Crippen LogP contribution in [-0.2, 0) is 9.84 Å². The van der Waals surface area contributed by atoms with Crippen LogP contribution in [0.2, 0.25) is 0 Å². The highest BCUT2D eigenvalue weighted by Crippen LogP contribution is 2.27. The van der Waals surface area contributed by atoms with Crippen LogP contribution >= 0.6 is 0 Å². The summed E-state index contributed by atoms with van der Waals surface area (Å²) in [5.41, 5.74) is -0.764. The van der Waals surface area contributed by atoms with Gasteiger partial charge in [0.2, 0.25) is 5.03 Å². The molecule has 0 bridgehead atoms. The van der Waals surface area contributed by atoms with Crippen molar-refractivity contribution < 1.29 is 17.2 Å². The highest BCUT2D eigenvalue weighted by Gasteiger charge is 2.28. The molecule has 0 saturated carbocycles. The van der Waals surface area contributed by atoms with E-state index in [0.29, 0.717) is 12.8 Å². The summed E-state index contributed by atoms with van der Waals surface area (Å²) in [6.07, 6.45) is 2.93. The number of halogens is 2. The van der Waals surface area contributed by atoms with Crippen molar-refractivity contribution in [1.29, 1.82) is 0 Å². The molecule has 0 amide bonds. The third-order valence-corrected chi connectivity index (χ3v) is 3.48. The van der Waals surface area contributed by atoms with Gasteiger partial charge in [-0.1, -0.05) is 12.2 Å². The van der Waals surface area contributed by atoms with Crippen LogP contribution in [0.25, 0.3) is 0 Å². The van der Waals surface area contributed by atoms with Gasteiger partial charge in [-0.05, 0) is 12.8 Å². The van der Waals surface area contributed by atoms with E-state index in [-0.39, 0.29) is 6.04 Å². The van der Waals surface area contributed by atoms with Crippen molar-refractivity contribution in [3.63, 3.8) is 0 Å². The molecule has 0 aliphatic heterocycles. The summed E-state index contributed by atoms with van der Waals surface area (Å²) >= 11 is 0. The fourth-order valence-corrected chi connectivity index (χ4v) is 2.42. The molecule has 2 rings (SSSR count). The molecule has 0 fully saturated rings. The normalized spacial score (nSPS) is 17.2. The smallest absolute Gasteiger partial charge is 0.222 e.